The monoisotopic (exact) mass is 282 g/mol. The maximum Gasteiger partial charge on any atom is 0.238 e. The van der Waals surface area contributed by atoms with Crippen LogP contribution in [0.2, 0.25) is 0 Å². The van der Waals surface area contributed by atoms with E-state index in [0.717, 1.165) is 16.6 Å². The Bertz CT molecular complexity index is 565. The number of amides is 1. The van der Waals surface area contributed by atoms with Gasteiger partial charge in [0, 0.05) is 17.1 Å². The van der Waals surface area contributed by atoms with Crippen molar-refractivity contribution in [3.05, 3.63) is 24.4 Å². The fraction of sp³-hybridized carbons (Fsp3) is 0.385. The van der Waals surface area contributed by atoms with Gasteiger partial charge in [-0.15, -0.1) is 12.4 Å². The molecule has 0 fully saturated rings. The number of anilines is 1. The first kappa shape index (κ1) is 15.5. The summed E-state index contributed by atoms with van der Waals surface area (Å²) >= 11 is 0. The Morgan fingerprint density at radius 3 is 2.79 bits per heavy atom. The van der Waals surface area contributed by atoms with Gasteiger partial charge in [0.15, 0.2) is 0 Å². The van der Waals surface area contributed by atoms with Crippen molar-refractivity contribution in [3.8, 4) is 0 Å². The van der Waals surface area contributed by atoms with E-state index in [0.29, 0.717) is 12.6 Å². The average Bonchev–Trinajstić information content (AvgIpc) is 2.72. The number of rotatable bonds is 4. The van der Waals surface area contributed by atoms with Crippen molar-refractivity contribution >= 4 is 34.9 Å². The van der Waals surface area contributed by atoms with E-state index in [1.54, 1.807) is 7.05 Å². The maximum absolute atomic E-state index is 11.5. The predicted molar refractivity (Wildman–Crippen MR) is 79.9 cm³/mol. The summed E-state index contributed by atoms with van der Waals surface area (Å²) in [7, 11) is 1.75. The highest BCUT2D eigenvalue weighted by Gasteiger charge is 2.07. The number of carbonyl (C=O) groups excluding carboxylic acids is 1. The molecule has 0 atom stereocenters. The van der Waals surface area contributed by atoms with Crippen molar-refractivity contribution in [2.75, 3.05) is 18.9 Å². The third kappa shape index (κ3) is 3.45. The molecule has 6 heteroatoms. The van der Waals surface area contributed by atoms with Crippen LogP contribution in [-0.4, -0.2) is 29.3 Å². The summed E-state index contributed by atoms with van der Waals surface area (Å²) in [4.78, 5) is 11.5. The van der Waals surface area contributed by atoms with E-state index < -0.39 is 0 Å². The fourth-order valence-corrected chi connectivity index (χ4v) is 1.89. The normalized spacial score (nSPS) is 10.5. The van der Waals surface area contributed by atoms with Crippen molar-refractivity contribution in [1.29, 1.82) is 0 Å². The molecule has 1 aromatic carbocycles. The van der Waals surface area contributed by atoms with Crippen molar-refractivity contribution in [2.24, 2.45) is 0 Å². The number of carbonyl (C=O) groups is 1. The van der Waals surface area contributed by atoms with Crippen LogP contribution in [0.4, 0.5) is 5.69 Å². The summed E-state index contributed by atoms with van der Waals surface area (Å²) in [6.07, 6.45) is 1.84. The lowest BCUT2D eigenvalue weighted by atomic mass is 10.2. The summed E-state index contributed by atoms with van der Waals surface area (Å²) in [6, 6.07) is 6.11. The SMILES string of the molecule is CNCC(=O)Nc1ccc2cnn(C(C)C)c2c1.Cl. The topological polar surface area (TPSA) is 59.0 Å². The lowest BCUT2D eigenvalue weighted by Crippen LogP contribution is -2.25. The zero-order chi connectivity index (χ0) is 13.1. The molecule has 5 nitrogen and oxygen atoms in total. The number of hydrogen-bond acceptors (Lipinski definition) is 3. The Morgan fingerprint density at radius 2 is 2.16 bits per heavy atom. The number of nitrogens with one attached hydrogen (secondary N) is 2. The number of nitrogens with zero attached hydrogens (tertiary/aromatic N) is 2. The van der Waals surface area contributed by atoms with Crippen molar-refractivity contribution in [1.82, 2.24) is 15.1 Å². The zero-order valence-corrected chi connectivity index (χ0v) is 12.1. The van der Waals surface area contributed by atoms with Crippen LogP contribution >= 0.6 is 12.4 Å². The number of likely N-dealkylation sites (N-methyl/N-ethyl adjacent to an activating group) is 1. The van der Waals surface area contributed by atoms with E-state index in [1.165, 1.54) is 0 Å². The van der Waals surface area contributed by atoms with Crippen LogP contribution in [0.1, 0.15) is 19.9 Å². The van der Waals surface area contributed by atoms with E-state index in [-0.39, 0.29) is 18.3 Å². The van der Waals surface area contributed by atoms with Gasteiger partial charge in [0.1, 0.15) is 0 Å². The molecule has 0 radical (unpaired) electrons. The molecule has 0 aliphatic heterocycles. The summed E-state index contributed by atoms with van der Waals surface area (Å²) in [5.41, 5.74) is 1.83. The zero-order valence-electron chi connectivity index (χ0n) is 11.3. The summed E-state index contributed by atoms with van der Waals surface area (Å²) < 4.78 is 1.95. The first-order valence-corrected chi connectivity index (χ1v) is 6.03. The molecular formula is C13H19ClN4O. The maximum atomic E-state index is 11.5. The van der Waals surface area contributed by atoms with Crippen molar-refractivity contribution in [3.63, 3.8) is 0 Å². The predicted octanol–water partition coefficient (Wildman–Crippen LogP) is 2.20. The standard InChI is InChI=1S/C13H18N4O.ClH/c1-9(2)17-12-6-11(16-13(18)8-14-3)5-4-10(12)7-15-17;/h4-7,9,14H,8H2,1-3H3,(H,16,18);1H. The van der Waals surface area contributed by atoms with Gasteiger partial charge in [0.25, 0.3) is 0 Å². The number of hydrogen-bond donors (Lipinski definition) is 2. The van der Waals surface area contributed by atoms with Gasteiger partial charge in [-0.25, -0.2) is 0 Å². The van der Waals surface area contributed by atoms with Gasteiger partial charge < -0.3 is 10.6 Å². The Morgan fingerprint density at radius 1 is 1.42 bits per heavy atom. The van der Waals surface area contributed by atoms with Gasteiger partial charge >= 0.3 is 0 Å². The molecule has 0 aliphatic carbocycles. The molecule has 2 N–H and O–H groups in total. The summed E-state index contributed by atoms with van der Waals surface area (Å²) in [5, 5.41) is 11.1. The van der Waals surface area contributed by atoms with Gasteiger partial charge in [-0.2, -0.15) is 5.10 Å². The van der Waals surface area contributed by atoms with Gasteiger partial charge in [-0.1, -0.05) is 0 Å². The second-order valence-corrected chi connectivity index (χ2v) is 4.53. The number of halogens is 1. The highest BCUT2D eigenvalue weighted by molar-refractivity contribution is 5.94. The molecule has 0 saturated heterocycles. The number of aromatic nitrogens is 2. The number of fused-ring (bicyclic) bond motifs is 1. The summed E-state index contributed by atoms with van der Waals surface area (Å²) in [5.74, 6) is -0.0486. The third-order valence-electron chi connectivity index (χ3n) is 2.71. The lowest BCUT2D eigenvalue weighted by Gasteiger charge is -2.09. The molecule has 2 rings (SSSR count). The van der Waals surface area contributed by atoms with Gasteiger partial charge in [-0.3, -0.25) is 9.48 Å². The molecule has 0 saturated carbocycles. The highest BCUT2D eigenvalue weighted by atomic mass is 35.5. The highest BCUT2D eigenvalue weighted by Crippen LogP contribution is 2.21. The largest absolute Gasteiger partial charge is 0.325 e. The van der Waals surface area contributed by atoms with E-state index in [9.17, 15) is 4.79 Å². The molecule has 1 amide bonds. The first-order valence-electron chi connectivity index (χ1n) is 6.03. The molecule has 0 unspecified atom stereocenters. The van der Waals surface area contributed by atoms with Crippen molar-refractivity contribution in [2.45, 2.75) is 19.9 Å². The van der Waals surface area contributed by atoms with Gasteiger partial charge in [-0.05, 0) is 39.1 Å². The van der Waals surface area contributed by atoms with Crippen LogP contribution < -0.4 is 10.6 Å². The molecule has 19 heavy (non-hydrogen) atoms. The fourth-order valence-electron chi connectivity index (χ4n) is 1.89. The molecular weight excluding hydrogens is 264 g/mol. The van der Waals surface area contributed by atoms with Crippen molar-refractivity contribution < 1.29 is 4.79 Å². The van der Waals surface area contributed by atoms with Crippen LogP contribution in [0.3, 0.4) is 0 Å². The minimum absolute atomic E-state index is 0. The molecule has 0 bridgehead atoms. The van der Waals surface area contributed by atoms with E-state index >= 15 is 0 Å². The molecule has 104 valence electrons. The molecule has 1 heterocycles. The second-order valence-electron chi connectivity index (χ2n) is 4.53. The van der Waals surface area contributed by atoms with Crippen LogP contribution in [0.15, 0.2) is 24.4 Å². The van der Waals surface area contributed by atoms with E-state index in [1.807, 2.05) is 29.1 Å². The Labute approximate surface area is 118 Å². The Kier molecular flexibility index (Phi) is 5.32. The molecule has 0 spiro atoms. The molecule has 1 aromatic heterocycles. The van der Waals surface area contributed by atoms with Crippen LogP contribution in [0, 0.1) is 0 Å². The van der Waals surface area contributed by atoms with E-state index in [2.05, 4.69) is 29.6 Å². The minimum atomic E-state index is -0.0486. The minimum Gasteiger partial charge on any atom is -0.325 e. The van der Waals surface area contributed by atoms with Crippen LogP contribution in [0.5, 0.6) is 0 Å². The van der Waals surface area contributed by atoms with Gasteiger partial charge in [0.2, 0.25) is 5.91 Å². The quantitative estimate of drug-likeness (QED) is 0.904. The van der Waals surface area contributed by atoms with Crippen LogP contribution in [-0.2, 0) is 4.79 Å². The smallest absolute Gasteiger partial charge is 0.238 e. The second kappa shape index (κ2) is 6.54. The van der Waals surface area contributed by atoms with Crippen LogP contribution in [0.25, 0.3) is 10.9 Å². The van der Waals surface area contributed by atoms with Gasteiger partial charge in [0.05, 0.1) is 18.3 Å². The Balaban J connectivity index is 0.00000180. The van der Waals surface area contributed by atoms with E-state index in [4.69, 9.17) is 0 Å². The molecule has 0 aliphatic rings. The average molecular weight is 283 g/mol. The number of benzene rings is 1. The Hall–Kier alpha value is -1.59. The summed E-state index contributed by atoms with van der Waals surface area (Å²) in [6.45, 7) is 4.47. The molecule has 2 aromatic rings. The third-order valence-corrected chi connectivity index (χ3v) is 2.71. The lowest BCUT2D eigenvalue weighted by molar-refractivity contribution is -0.115. The first-order chi connectivity index (χ1) is 8.61.